The normalized spacial score (nSPS) is 25.9. The fourth-order valence-electron chi connectivity index (χ4n) is 2.70. The molecule has 1 amide bonds. The number of thiazole rings is 1. The number of nitrogens with zero attached hydrogens (tertiary/aromatic N) is 2. The predicted octanol–water partition coefficient (Wildman–Crippen LogP) is 1.95. The van der Waals surface area contributed by atoms with E-state index in [1.165, 1.54) is 10.6 Å². The van der Waals surface area contributed by atoms with Crippen LogP contribution in [0.1, 0.15) is 37.3 Å². The highest BCUT2D eigenvalue weighted by molar-refractivity contribution is 7.09. The number of ether oxygens (including phenoxy) is 1. The van der Waals surface area contributed by atoms with E-state index in [1.54, 1.807) is 16.2 Å². The lowest BCUT2D eigenvalue weighted by molar-refractivity contribution is 0.0289. The Labute approximate surface area is 117 Å². The summed E-state index contributed by atoms with van der Waals surface area (Å²) < 4.78 is 5.44. The van der Waals surface area contributed by atoms with E-state index in [4.69, 9.17) is 4.74 Å². The zero-order chi connectivity index (χ0) is 13.6. The van der Waals surface area contributed by atoms with Gasteiger partial charge in [-0.3, -0.25) is 0 Å². The molecule has 19 heavy (non-hydrogen) atoms. The van der Waals surface area contributed by atoms with Gasteiger partial charge >= 0.3 is 6.09 Å². The van der Waals surface area contributed by atoms with Gasteiger partial charge in [-0.05, 0) is 20.8 Å². The molecule has 2 aliphatic rings. The summed E-state index contributed by atoms with van der Waals surface area (Å²) in [7, 11) is 0. The van der Waals surface area contributed by atoms with Crippen LogP contribution in [-0.2, 0) is 11.3 Å². The van der Waals surface area contributed by atoms with Crippen LogP contribution < -0.4 is 5.32 Å². The van der Waals surface area contributed by atoms with Crippen LogP contribution in [0.2, 0.25) is 0 Å². The highest BCUT2D eigenvalue weighted by Gasteiger charge is 2.41. The molecule has 2 aliphatic heterocycles. The summed E-state index contributed by atoms with van der Waals surface area (Å²) in [4.78, 5) is 19.7. The van der Waals surface area contributed by atoms with Gasteiger partial charge in [-0.2, -0.15) is 0 Å². The molecule has 0 unspecified atom stereocenters. The summed E-state index contributed by atoms with van der Waals surface area (Å²) >= 11 is 1.69. The number of hydrogen-bond donors (Lipinski definition) is 1. The van der Waals surface area contributed by atoms with E-state index in [-0.39, 0.29) is 6.09 Å². The predicted molar refractivity (Wildman–Crippen MR) is 73.3 cm³/mol. The maximum atomic E-state index is 12.1. The van der Waals surface area contributed by atoms with Crippen LogP contribution >= 0.6 is 11.3 Å². The van der Waals surface area contributed by atoms with Crippen molar-refractivity contribution < 1.29 is 9.53 Å². The molecular formula is C13H19N3O2S. The second-order valence-corrected chi connectivity index (χ2v) is 7.08. The largest absolute Gasteiger partial charge is 0.444 e. The number of amides is 1. The lowest BCUT2D eigenvalue weighted by Gasteiger charge is -2.24. The minimum absolute atomic E-state index is 0.222. The Morgan fingerprint density at radius 2 is 2.32 bits per heavy atom. The average molecular weight is 281 g/mol. The van der Waals surface area contributed by atoms with Crippen molar-refractivity contribution in [1.82, 2.24) is 15.2 Å². The third kappa shape index (κ3) is 2.47. The molecule has 6 heteroatoms. The Hall–Kier alpha value is -1.14. The molecular weight excluding hydrogens is 262 g/mol. The maximum absolute atomic E-state index is 12.1. The molecule has 104 valence electrons. The van der Waals surface area contributed by atoms with Crippen LogP contribution in [0.5, 0.6) is 0 Å². The summed E-state index contributed by atoms with van der Waals surface area (Å²) in [5.74, 6) is 0.308. The molecule has 1 aromatic rings. The summed E-state index contributed by atoms with van der Waals surface area (Å²) in [5, 5.41) is 3.49. The molecule has 0 radical (unpaired) electrons. The topological polar surface area (TPSA) is 54.5 Å². The number of fused-ring (bicyclic) bond motifs is 3. The summed E-state index contributed by atoms with van der Waals surface area (Å²) in [5.41, 5.74) is 2.62. The third-order valence-electron chi connectivity index (χ3n) is 3.52. The van der Waals surface area contributed by atoms with Crippen molar-refractivity contribution >= 4 is 17.4 Å². The molecule has 0 aromatic carbocycles. The van der Waals surface area contributed by atoms with Crippen LogP contribution in [0, 0.1) is 0 Å². The number of carbonyl (C=O) groups excluding carboxylic acids is 1. The molecule has 0 bridgehead atoms. The number of aromatic nitrogens is 1. The number of rotatable bonds is 0. The molecule has 5 nitrogen and oxygen atoms in total. The van der Waals surface area contributed by atoms with Crippen molar-refractivity contribution in [3.8, 4) is 0 Å². The molecule has 1 aromatic heterocycles. The summed E-state index contributed by atoms with van der Waals surface area (Å²) in [6.45, 7) is 7.95. The van der Waals surface area contributed by atoms with E-state index in [1.807, 2.05) is 26.3 Å². The zero-order valence-corrected chi connectivity index (χ0v) is 12.3. The maximum Gasteiger partial charge on any atom is 0.410 e. The Morgan fingerprint density at radius 1 is 1.53 bits per heavy atom. The fourth-order valence-corrected chi connectivity index (χ4v) is 3.49. The van der Waals surface area contributed by atoms with E-state index in [9.17, 15) is 4.79 Å². The Balaban J connectivity index is 1.72. The van der Waals surface area contributed by atoms with Crippen molar-refractivity contribution in [3.63, 3.8) is 0 Å². The van der Waals surface area contributed by atoms with Crippen molar-refractivity contribution in [2.45, 2.75) is 44.9 Å². The number of hydrogen-bond acceptors (Lipinski definition) is 5. The van der Waals surface area contributed by atoms with Crippen molar-refractivity contribution in [2.24, 2.45) is 0 Å². The van der Waals surface area contributed by atoms with Crippen LogP contribution in [-0.4, -0.2) is 40.7 Å². The second kappa shape index (κ2) is 4.45. The summed E-state index contributed by atoms with van der Waals surface area (Å²) in [6.07, 6.45) is -0.222. The number of carbonyl (C=O) groups is 1. The molecule has 0 aliphatic carbocycles. The Bertz CT molecular complexity index is 494. The van der Waals surface area contributed by atoms with E-state index in [0.29, 0.717) is 25.0 Å². The van der Waals surface area contributed by atoms with E-state index in [2.05, 4.69) is 10.3 Å². The van der Waals surface area contributed by atoms with Gasteiger partial charge in [0.15, 0.2) is 0 Å². The first-order chi connectivity index (χ1) is 8.94. The van der Waals surface area contributed by atoms with Gasteiger partial charge < -0.3 is 15.0 Å². The van der Waals surface area contributed by atoms with Crippen molar-refractivity contribution in [3.05, 3.63) is 16.1 Å². The standard InChI is InChI=1S/C13H19N3O2S/c1-13(2,3)18-12(17)16-5-8-9(6-16)14-4-10-11(8)15-7-19-10/h7-9,14H,4-6H2,1-3H3/t8-,9+/m0/s1. The quantitative estimate of drug-likeness (QED) is 0.789. The van der Waals surface area contributed by atoms with Gasteiger partial charge in [-0.25, -0.2) is 9.78 Å². The highest BCUT2D eigenvalue weighted by atomic mass is 32.1. The SMILES string of the molecule is CC(C)(C)OC(=O)N1C[C@@H]2c3ncsc3CN[C@@H]2C1. The first-order valence-electron chi connectivity index (χ1n) is 6.57. The first kappa shape index (κ1) is 12.9. The number of likely N-dealkylation sites (tertiary alicyclic amines) is 1. The monoisotopic (exact) mass is 281 g/mol. The third-order valence-corrected chi connectivity index (χ3v) is 4.37. The molecule has 3 heterocycles. The van der Waals surface area contributed by atoms with Gasteiger partial charge in [-0.1, -0.05) is 0 Å². The number of nitrogens with one attached hydrogen (secondary N) is 1. The minimum atomic E-state index is -0.440. The van der Waals surface area contributed by atoms with E-state index < -0.39 is 5.60 Å². The van der Waals surface area contributed by atoms with Gasteiger partial charge in [0.1, 0.15) is 5.60 Å². The van der Waals surface area contributed by atoms with Gasteiger partial charge in [0.05, 0.1) is 11.2 Å². The molecule has 0 saturated carbocycles. The molecule has 2 atom stereocenters. The molecule has 1 saturated heterocycles. The Kier molecular flexibility index (Phi) is 3.02. The van der Waals surface area contributed by atoms with E-state index in [0.717, 1.165) is 6.54 Å². The van der Waals surface area contributed by atoms with Crippen LogP contribution in [0.4, 0.5) is 4.79 Å². The Morgan fingerprint density at radius 3 is 3.05 bits per heavy atom. The van der Waals surface area contributed by atoms with Crippen LogP contribution in [0.25, 0.3) is 0 Å². The summed E-state index contributed by atoms with van der Waals surface area (Å²) in [6, 6.07) is 0.308. The lowest BCUT2D eigenvalue weighted by Crippen LogP contribution is -2.40. The second-order valence-electron chi connectivity index (χ2n) is 6.14. The van der Waals surface area contributed by atoms with Crippen LogP contribution in [0.3, 0.4) is 0 Å². The molecule has 0 spiro atoms. The smallest absolute Gasteiger partial charge is 0.410 e. The fraction of sp³-hybridized carbons (Fsp3) is 0.692. The van der Waals surface area contributed by atoms with E-state index >= 15 is 0 Å². The van der Waals surface area contributed by atoms with Gasteiger partial charge in [0, 0.05) is 36.5 Å². The first-order valence-corrected chi connectivity index (χ1v) is 7.45. The molecule has 3 rings (SSSR count). The molecule has 1 N–H and O–H groups in total. The minimum Gasteiger partial charge on any atom is -0.444 e. The average Bonchev–Trinajstić information content (AvgIpc) is 2.92. The van der Waals surface area contributed by atoms with Gasteiger partial charge in [-0.15, -0.1) is 11.3 Å². The lowest BCUT2D eigenvalue weighted by atomic mass is 9.95. The van der Waals surface area contributed by atoms with Gasteiger partial charge in [0.25, 0.3) is 0 Å². The van der Waals surface area contributed by atoms with Gasteiger partial charge in [0.2, 0.25) is 0 Å². The van der Waals surface area contributed by atoms with Crippen molar-refractivity contribution in [1.29, 1.82) is 0 Å². The van der Waals surface area contributed by atoms with Crippen LogP contribution in [0.15, 0.2) is 5.51 Å². The molecule has 1 fully saturated rings. The highest BCUT2D eigenvalue weighted by Crippen LogP contribution is 2.34. The zero-order valence-electron chi connectivity index (χ0n) is 11.5. The van der Waals surface area contributed by atoms with Crippen molar-refractivity contribution in [2.75, 3.05) is 13.1 Å².